The van der Waals surface area contributed by atoms with E-state index in [2.05, 4.69) is 17.6 Å². The summed E-state index contributed by atoms with van der Waals surface area (Å²) in [5, 5.41) is 0.995. The Morgan fingerprint density at radius 3 is 2.10 bits per heavy atom. The molecule has 0 aromatic rings. The monoisotopic (exact) mass is 274 g/mol. The Kier molecular flexibility index (Phi) is 2.25. The van der Waals surface area contributed by atoms with Crippen LogP contribution in [0.1, 0.15) is 20.3 Å². The molecule has 5 aliphatic rings. The van der Waals surface area contributed by atoms with Gasteiger partial charge in [0.05, 0.1) is 11.8 Å². The third kappa shape index (κ3) is 1.35. The molecule has 106 valence electrons. The van der Waals surface area contributed by atoms with Crippen molar-refractivity contribution in [3.63, 3.8) is 0 Å². The van der Waals surface area contributed by atoms with E-state index < -0.39 is 0 Å². The summed E-state index contributed by atoms with van der Waals surface area (Å²) in [6, 6.07) is 0. The summed E-state index contributed by atoms with van der Waals surface area (Å²) in [4.78, 5) is 36.8. The largest absolute Gasteiger partial charge is 0.273 e. The van der Waals surface area contributed by atoms with Crippen molar-refractivity contribution in [3.8, 4) is 0 Å². The second kappa shape index (κ2) is 3.71. The molecule has 2 bridgehead atoms. The highest BCUT2D eigenvalue weighted by molar-refractivity contribution is 6.07. The number of allylic oxidation sites excluding steroid dienone is 2. The van der Waals surface area contributed by atoms with Gasteiger partial charge < -0.3 is 0 Å². The maximum atomic E-state index is 12.5. The summed E-state index contributed by atoms with van der Waals surface area (Å²) in [5.41, 5.74) is 2.50. The maximum Gasteiger partial charge on any atom is 0.252 e. The van der Waals surface area contributed by atoms with Gasteiger partial charge in [0.2, 0.25) is 5.91 Å². The molecule has 0 radical (unpaired) electrons. The van der Waals surface area contributed by atoms with Crippen LogP contribution in [-0.2, 0) is 14.4 Å². The van der Waals surface area contributed by atoms with E-state index in [1.54, 1.807) is 13.8 Å². The standard InChI is InChI=1S/C15H18N2O3/c1-6(2)13(18)16-17-14(19)11-7-3-4-8(10-5-9(7)10)12(11)15(17)20/h3-4,6-12H,5H2,1-2H3,(H,16,18)/t7-,8-,9-,10-,11-,12+/m0/s1. The molecule has 20 heavy (non-hydrogen) atoms. The first-order valence-corrected chi connectivity index (χ1v) is 7.37. The molecule has 4 aliphatic carbocycles. The van der Waals surface area contributed by atoms with E-state index in [1.807, 2.05) is 0 Å². The third-order valence-electron chi connectivity index (χ3n) is 5.41. The summed E-state index contributed by atoms with van der Waals surface area (Å²) in [5.74, 6) is 0.143. The molecule has 5 heteroatoms. The van der Waals surface area contributed by atoms with E-state index in [4.69, 9.17) is 0 Å². The maximum absolute atomic E-state index is 12.5. The van der Waals surface area contributed by atoms with Gasteiger partial charge in [-0.05, 0) is 30.1 Å². The summed E-state index contributed by atoms with van der Waals surface area (Å²) in [6.07, 6.45) is 5.39. The van der Waals surface area contributed by atoms with Crippen LogP contribution in [0.5, 0.6) is 0 Å². The quantitative estimate of drug-likeness (QED) is 0.596. The third-order valence-corrected chi connectivity index (χ3v) is 5.41. The fourth-order valence-electron chi connectivity index (χ4n) is 4.31. The van der Waals surface area contributed by atoms with Crippen molar-refractivity contribution in [1.82, 2.24) is 10.4 Å². The number of nitrogens with one attached hydrogen (secondary N) is 1. The van der Waals surface area contributed by atoms with Gasteiger partial charge in [-0.1, -0.05) is 26.0 Å². The highest BCUT2D eigenvalue weighted by Crippen LogP contribution is 2.65. The first-order valence-electron chi connectivity index (χ1n) is 7.37. The lowest BCUT2D eigenvalue weighted by molar-refractivity contribution is -0.150. The molecule has 0 unspecified atom stereocenters. The van der Waals surface area contributed by atoms with Crippen LogP contribution < -0.4 is 5.43 Å². The topological polar surface area (TPSA) is 66.5 Å². The van der Waals surface area contributed by atoms with Gasteiger partial charge >= 0.3 is 0 Å². The Morgan fingerprint density at radius 1 is 1.15 bits per heavy atom. The number of rotatable bonds is 2. The van der Waals surface area contributed by atoms with E-state index >= 15 is 0 Å². The van der Waals surface area contributed by atoms with Gasteiger partial charge in [-0.15, -0.1) is 0 Å². The summed E-state index contributed by atoms with van der Waals surface area (Å²) in [6.45, 7) is 3.49. The van der Waals surface area contributed by atoms with E-state index in [9.17, 15) is 14.4 Å². The lowest BCUT2D eigenvalue weighted by Crippen LogP contribution is -2.48. The minimum Gasteiger partial charge on any atom is -0.273 e. The van der Waals surface area contributed by atoms with E-state index in [0.717, 1.165) is 11.4 Å². The average Bonchev–Trinajstić information content (AvgIpc) is 3.20. The predicted octanol–water partition coefficient (Wildman–Crippen LogP) is 0.727. The Hall–Kier alpha value is -1.65. The number of hydrazine groups is 1. The number of amides is 3. The van der Waals surface area contributed by atoms with E-state index in [1.165, 1.54) is 0 Å². The smallest absolute Gasteiger partial charge is 0.252 e. The second-order valence-electron chi connectivity index (χ2n) is 6.80. The van der Waals surface area contributed by atoms with Gasteiger partial charge in [0.15, 0.2) is 0 Å². The van der Waals surface area contributed by atoms with Crippen LogP contribution in [0.2, 0.25) is 0 Å². The second-order valence-corrected chi connectivity index (χ2v) is 6.80. The van der Waals surface area contributed by atoms with Crippen molar-refractivity contribution >= 4 is 17.7 Å². The highest BCUT2D eigenvalue weighted by atomic mass is 16.2. The van der Waals surface area contributed by atoms with Gasteiger partial charge in [-0.2, -0.15) is 5.01 Å². The van der Waals surface area contributed by atoms with Crippen LogP contribution in [0, 0.1) is 41.4 Å². The van der Waals surface area contributed by atoms with Crippen molar-refractivity contribution < 1.29 is 14.4 Å². The zero-order chi connectivity index (χ0) is 14.2. The van der Waals surface area contributed by atoms with Crippen molar-refractivity contribution in [2.75, 3.05) is 0 Å². The number of imide groups is 1. The molecule has 1 saturated heterocycles. The molecular formula is C15H18N2O3. The summed E-state index contributed by atoms with van der Waals surface area (Å²) < 4.78 is 0. The van der Waals surface area contributed by atoms with Crippen LogP contribution >= 0.6 is 0 Å². The lowest BCUT2D eigenvalue weighted by atomic mass is 9.63. The van der Waals surface area contributed by atoms with Crippen LogP contribution in [0.3, 0.4) is 0 Å². The minimum atomic E-state index is -0.282. The molecule has 6 atom stereocenters. The molecule has 3 amide bonds. The van der Waals surface area contributed by atoms with Gasteiger partial charge in [0.25, 0.3) is 11.8 Å². The Balaban J connectivity index is 1.63. The summed E-state index contributed by atoms with van der Waals surface area (Å²) >= 11 is 0. The highest BCUT2D eigenvalue weighted by Gasteiger charge is 2.67. The molecule has 5 nitrogen and oxygen atoms in total. The molecule has 0 aromatic carbocycles. The molecule has 3 fully saturated rings. The van der Waals surface area contributed by atoms with Crippen molar-refractivity contribution in [1.29, 1.82) is 0 Å². The zero-order valence-electron chi connectivity index (χ0n) is 11.6. The normalized spacial score (nSPS) is 43.9. The number of carbonyl (C=O) groups is 3. The Morgan fingerprint density at radius 2 is 1.65 bits per heavy atom. The van der Waals surface area contributed by atoms with E-state index in [-0.39, 0.29) is 47.3 Å². The Bertz CT molecular complexity index is 517. The van der Waals surface area contributed by atoms with Crippen LogP contribution in [0.15, 0.2) is 12.2 Å². The van der Waals surface area contributed by atoms with E-state index in [0.29, 0.717) is 11.8 Å². The van der Waals surface area contributed by atoms with Crippen LogP contribution in [0.25, 0.3) is 0 Å². The van der Waals surface area contributed by atoms with Gasteiger partial charge in [0, 0.05) is 5.92 Å². The average molecular weight is 274 g/mol. The van der Waals surface area contributed by atoms with Crippen molar-refractivity contribution in [3.05, 3.63) is 12.2 Å². The fraction of sp³-hybridized carbons (Fsp3) is 0.667. The predicted molar refractivity (Wildman–Crippen MR) is 69.5 cm³/mol. The first-order chi connectivity index (χ1) is 9.50. The lowest BCUT2D eigenvalue weighted by Gasteiger charge is -2.37. The number of nitrogens with zero attached hydrogens (tertiary/aromatic N) is 1. The summed E-state index contributed by atoms with van der Waals surface area (Å²) in [7, 11) is 0. The van der Waals surface area contributed by atoms with Crippen molar-refractivity contribution in [2.45, 2.75) is 20.3 Å². The van der Waals surface area contributed by atoms with Gasteiger partial charge in [-0.25, -0.2) is 0 Å². The fourth-order valence-corrected chi connectivity index (χ4v) is 4.31. The molecule has 1 N–H and O–H groups in total. The first kappa shape index (κ1) is 12.1. The zero-order valence-corrected chi connectivity index (χ0v) is 11.6. The number of hydrogen-bond acceptors (Lipinski definition) is 3. The molecule has 1 aliphatic heterocycles. The molecule has 1 heterocycles. The number of carbonyl (C=O) groups excluding carboxylic acids is 3. The van der Waals surface area contributed by atoms with Gasteiger partial charge in [0.1, 0.15) is 0 Å². The molecule has 0 aromatic heterocycles. The Labute approximate surface area is 117 Å². The molecule has 5 rings (SSSR count). The molecular weight excluding hydrogens is 256 g/mol. The molecule has 0 spiro atoms. The SMILES string of the molecule is CC(C)C(=O)NN1C(=O)[C@@H]2[C@H]3C=C[C@@H]([C@@H]4C[C@@H]34)[C@@H]2C1=O. The number of hydrogen-bond donors (Lipinski definition) is 1. The molecule has 2 saturated carbocycles. The van der Waals surface area contributed by atoms with Crippen molar-refractivity contribution in [2.24, 2.45) is 41.4 Å². The van der Waals surface area contributed by atoms with Crippen LogP contribution in [-0.4, -0.2) is 22.7 Å². The van der Waals surface area contributed by atoms with Gasteiger partial charge in [-0.3, -0.25) is 19.8 Å². The minimum absolute atomic E-state index is 0.201. The van der Waals surface area contributed by atoms with Crippen LogP contribution in [0.4, 0.5) is 0 Å².